The summed E-state index contributed by atoms with van der Waals surface area (Å²) >= 11 is 6.06. The van der Waals surface area contributed by atoms with Gasteiger partial charge in [-0.25, -0.2) is 15.0 Å². The Morgan fingerprint density at radius 1 is 1.27 bits per heavy atom. The minimum atomic E-state index is 0.102. The minimum Gasteiger partial charge on any atom is -0.507 e. The molecule has 8 heteroatoms. The molecule has 0 spiro atoms. The molecule has 0 aliphatic carbocycles. The molecule has 30 heavy (non-hydrogen) atoms. The van der Waals surface area contributed by atoms with Crippen LogP contribution in [-0.4, -0.2) is 62.2 Å². The molecule has 160 valence electrons. The Balaban J connectivity index is 1.62. The van der Waals surface area contributed by atoms with Gasteiger partial charge in [0.15, 0.2) is 11.3 Å². The summed E-state index contributed by atoms with van der Waals surface area (Å²) in [7, 11) is 6.14. The average molecular weight is 429 g/mol. The standard InChI is InChI=1S/C22H29ClN6O/c1-14-11-15(23)12-16(30)18(14)20-26-19-21(29(20)5)24-13-17(25-19)27(3)10-8-22(2)7-6-9-28(22)4/h11-13,30H,6-10H2,1-5H3/t22-/m0/s1. The second kappa shape index (κ2) is 7.71. The number of benzene rings is 1. The van der Waals surface area contributed by atoms with Crippen LogP contribution in [0.3, 0.4) is 0 Å². The largest absolute Gasteiger partial charge is 0.507 e. The van der Waals surface area contributed by atoms with Gasteiger partial charge in [0.25, 0.3) is 0 Å². The van der Waals surface area contributed by atoms with Crippen LogP contribution < -0.4 is 4.90 Å². The number of hydrogen-bond donors (Lipinski definition) is 1. The van der Waals surface area contributed by atoms with E-state index in [1.165, 1.54) is 25.5 Å². The third-order valence-electron chi connectivity index (χ3n) is 6.58. The summed E-state index contributed by atoms with van der Waals surface area (Å²) in [6, 6.07) is 3.35. The van der Waals surface area contributed by atoms with Crippen LogP contribution in [0.2, 0.25) is 5.02 Å². The van der Waals surface area contributed by atoms with Gasteiger partial charge in [0.2, 0.25) is 0 Å². The predicted octanol–water partition coefficient (Wildman–Crippen LogP) is 4.01. The molecular weight excluding hydrogens is 400 g/mol. The highest BCUT2D eigenvalue weighted by Gasteiger charge is 2.33. The molecule has 1 atom stereocenters. The number of halogens is 1. The van der Waals surface area contributed by atoms with Crippen molar-refractivity contribution in [1.29, 1.82) is 0 Å². The maximum Gasteiger partial charge on any atom is 0.200 e. The first-order valence-corrected chi connectivity index (χ1v) is 10.7. The zero-order valence-corrected chi connectivity index (χ0v) is 19.0. The average Bonchev–Trinajstić information content (AvgIpc) is 3.19. The number of anilines is 1. The van der Waals surface area contributed by atoms with Crippen molar-refractivity contribution in [2.45, 2.75) is 38.6 Å². The number of fused-ring (bicyclic) bond motifs is 1. The smallest absolute Gasteiger partial charge is 0.200 e. The van der Waals surface area contributed by atoms with Gasteiger partial charge in [-0.1, -0.05) is 11.6 Å². The fourth-order valence-corrected chi connectivity index (χ4v) is 4.64. The third kappa shape index (κ3) is 3.61. The SMILES string of the molecule is Cc1cc(Cl)cc(O)c1-c1nc2nc(N(C)CC[C@]3(C)CCCN3C)cnc2n1C. The molecule has 0 bridgehead atoms. The summed E-state index contributed by atoms with van der Waals surface area (Å²) in [6.07, 6.45) is 5.36. The second-order valence-electron chi connectivity index (χ2n) is 8.68. The van der Waals surface area contributed by atoms with Gasteiger partial charge in [0, 0.05) is 31.2 Å². The molecule has 1 aromatic carbocycles. The Hall–Kier alpha value is -2.38. The molecule has 0 radical (unpaired) electrons. The third-order valence-corrected chi connectivity index (χ3v) is 6.80. The fourth-order valence-electron chi connectivity index (χ4n) is 4.37. The van der Waals surface area contributed by atoms with Crippen molar-refractivity contribution in [2.24, 2.45) is 7.05 Å². The van der Waals surface area contributed by atoms with Crippen molar-refractivity contribution < 1.29 is 5.11 Å². The van der Waals surface area contributed by atoms with E-state index in [0.717, 1.165) is 24.3 Å². The zero-order valence-electron chi connectivity index (χ0n) is 18.3. The van der Waals surface area contributed by atoms with Crippen molar-refractivity contribution in [3.63, 3.8) is 0 Å². The van der Waals surface area contributed by atoms with Crippen LogP contribution in [0.1, 0.15) is 31.7 Å². The molecule has 0 amide bonds. The summed E-state index contributed by atoms with van der Waals surface area (Å²) in [6.45, 7) is 6.31. The molecule has 1 fully saturated rings. The molecule has 1 saturated heterocycles. The Kier molecular flexibility index (Phi) is 5.36. The van der Waals surface area contributed by atoms with E-state index in [4.69, 9.17) is 21.6 Å². The van der Waals surface area contributed by atoms with Crippen molar-refractivity contribution in [1.82, 2.24) is 24.4 Å². The number of imidazole rings is 1. The van der Waals surface area contributed by atoms with Crippen LogP contribution in [-0.2, 0) is 7.05 Å². The minimum absolute atomic E-state index is 0.102. The van der Waals surface area contributed by atoms with Gasteiger partial charge in [0.05, 0.1) is 11.8 Å². The Morgan fingerprint density at radius 2 is 2.03 bits per heavy atom. The first-order valence-electron chi connectivity index (χ1n) is 10.3. The van der Waals surface area contributed by atoms with Crippen molar-refractivity contribution >= 4 is 28.7 Å². The van der Waals surface area contributed by atoms with Gasteiger partial charge >= 0.3 is 0 Å². The van der Waals surface area contributed by atoms with E-state index >= 15 is 0 Å². The molecule has 1 aliphatic heterocycles. The van der Waals surface area contributed by atoms with E-state index in [-0.39, 0.29) is 11.3 Å². The summed E-state index contributed by atoms with van der Waals surface area (Å²) < 4.78 is 1.86. The van der Waals surface area contributed by atoms with Crippen LogP contribution in [0.4, 0.5) is 5.82 Å². The second-order valence-corrected chi connectivity index (χ2v) is 9.12. The molecule has 3 aromatic rings. The predicted molar refractivity (Wildman–Crippen MR) is 121 cm³/mol. The normalized spacial score (nSPS) is 19.7. The first-order chi connectivity index (χ1) is 14.2. The molecule has 3 heterocycles. The molecule has 0 unspecified atom stereocenters. The Labute approximate surface area is 182 Å². The molecule has 0 saturated carbocycles. The number of aryl methyl sites for hydroxylation is 2. The summed E-state index contributed by atoms with van der Waals surface area (Å²) in [4.78, 5) is 18.7. The lowest BCUT2D eigenvalue weighted by atomic mass is 9.94. The first kappa shape index (κ1) is 20.9. The monoisotopic (exact) mass is 428 g/mol. The highest BCUT2D eigenvalue weighted by molar-refractivity contribution is 6.31. The van der Waals surface area contributed by atoms with E-state index in [1.54, 1.807) is 6.20 Å². The Morgan fingerprint density at radius 3 is 2.70 bits per heavy atom. The van der Waals surface area contributed by atoms with Gasteiger partial charge in [-0.15, -0.1) is 0 Å². The maximum atomic E-state index is 10.4. The molecule has 4 rings (SSSR count). The number of phenolic OH excluding ortho intramolecular Hbond substituents is 1. The van der Waals surface area contributed by atoms with E-state index in [0.29, 0.717) is 27.7 Å². The van der Waals surface area contributed by atoms with Crippen molar-refractivity contribution in [3.8, 4) is 17.1 Å². The number of nitrogens with zero attached hydrogens (tertiary/aromatic N) is 6. The van der Waals surface area contributed by atoms with Crippen LogP contribution in [0.25, 0.3) is 22.7 Å². The van der Waals surface area contributed by atoms with Gasteiger partial charge in [-0.3, -0.25) is 0 Å². The molecule has 7 nitrogen and oxygen atoms in total. The Bertz CT molecular complexity index is 1070. The molecule has 1 N–H and O–H groups in total. The fraction of sp³-hybridized carbons (Fsp3) is 0.500. The van der Waals surface area contributed by atoms with E-state index in [9.17, 15) is 5.11 Å². The van der Waals surface area contributed by atoms with E-state index in [1.807, 2.05) is 31.7 Å². The van der Waals surface area contributed by atoms with E-state index < -0.39 is 0 Å². The number of phenols is 1. The number of hydrogen-bond acceptors (Lipinski definition) is 6. The van der Waals surface area contributed by atoms with Crippen LogP contribution in [0, 0.1) is 6.92 Å². The molecular formula is C22H29ClN6O. The van der Waals surface area contributed by atoms with Crippen LogP contribution >= 0.6 is 11.6 Å². The van der Waals surface area contributed by atoms with Gasteiger partial charge in [0.1, 0.15) is 17.4 Å². The van der Waals surface area contributed by atoms with Crippen molar-refractivity contribution in [2.75, 3.05) is 32.1 Å². The highest BCUT2D eigenvalue weighted by atomic mass is 35.5. The van der Waals surface area contributed by atoms with E-state index in [2.05, 4.69) is 28.8 Å². The molecule has 1 aliphatic rings. The topological polar surface area (TPSA) is 70.3 Å². The summed E-state index contributed by atoms with van der Waals surface area (Å²) in [5.41, 5.74) is 2.99. The van der Waals surface area contributed by atoms with Gasteiger partial charge in [-0.2, -0.15) is 0 Å². The maximum absolute atomic E-state index is 10.4. The summed E-state index contributed by atoms with van der Waals surface area (Å²) in [5, 5.41) is 10.9. The lowest BCUT2D eigenvalue weighted by Crippen LogP contribution is -2.41. The van der Waals surface area contributed by atoms with Crippen LogP contribution in [0.5, 0.6) is 5.75 Å². The number of aromatic hydroxyl groups is 1. The van der Waals surface area contributed by atoms with Crippen molar-refractivity contribution in [3.05, 3.63) is 28.9 Å². The number of aromatic nitrogens is 4. The summed E-state index contributed by atoms with van der Waals surface area (Å²) in [5.74, 6) is 1.52. The lowest BCUT2D eigenvalue weighted by molar-refractivity contribution is 0.185. The van der Waals surface area contributed by atoms with Crippen LogP contribution in [0.15, 0.2) is 18.3 Å². The highest BCUT2D eigenvalue weighted by Crippen LogP contribution is 2.35. The number of rotatable bonds is 5. The zero-order chi connectivity index (χ0) is 21.6. The lowest BCUT2D eigenvalue weighted by Gasteiger charge is -2.34. The van der Waals surface area contributed by atoms with Gasteiger partial charge < -0.3 is 19.5 Å². The molecule has 2 aromatic heterocycles. The van der Waals surface area contributed by atoms with Gasteiger partial charge in [-0.05, 0) is 64.4 Å². The quantitative estimate of drug-likeness (QED) is 0.662. The number of likely N-dealkylation sites (tertiary alicyclic amines) is 1.